The summed E-state index contributed by atoms with van der Waals surface area (Å²) >= 11 is 1.000. The zero-order chi connectivity index (χ0) is 23.6. The summed E-state index contributed by atoms with van der Waals surface area (Å²) in [5.74, 6) is 0.593. The van der Waals surface area contributed by atoms with Crippen molar-refractivity contribution in [1.29, 1.82) is 0 Å². The highest BCUT2D eigenvalue weighted by Gasteiger charge is 2.15. The molecule has 0 aliphatic heterocycles. The lowest BCUT2D eigenvalue weighted by molar-refractivity contribution is 0.108. The summed E-state index contributed by atoms with van der Waals surface area (Å²) in [6, 6.07) is 11.7. The monoisotopic (exact) mass is 473 g/mol. The molecule has 0 aliphatic rings. The Kier molecular flexibility index (Phi) is 9.90. The van der Waals surface area contributed by atoms with Gasteiger partial charge in [0, 0.05) is 31.9 Å². The van der Waals surface area contributed by atoms with Crippen molar-refractivity contribution in [3.05, 3.63) is 62.8 Å². The first kappa shape index (κ1) is 25.4. The Labute approximate surface area is 198 Å². The second-order valence-electron chi connectivity index (χ2n) is 8.68. The third-order valence-electron chi connectivity index (χ3n) is 5.29. The van der Waals surface area contributed by atoms with Gasteiger partial charge in [-0.15, -0.1) is 0 Å². The molecule has 2 aromatic carbocycles. The van der Waals surface area contributed by atoms with Gasteiger partial charge in [0.1, 0.15) is 11.3 Å². The summed E-state index contributed by atoms with van der Waals surface area (Å²) in [4.78, 5) is 14.0. The Bertz CT molecular complexity index is 1060. The van der Waals surface area contributed by atoms with Gasteiger partial charge in [-0.25, -0.2) is 0 Å². The molecule has 8 heteroatoms. The molecule has 180 valence electrons. The molecule has 3 aromatic rings. The molecular formula is C25H35N3O4S. The van der Waals surface area contributed by atoms with Crippen LogP contribution in [0.2, 0.25) is 0 Å². The van der Waals surface area contributed by atoms with Gasteiger partial charge in [-0.2, -0.15) is 0 Å². The number of aromatic amines is 1. The third kappa shape index (κ3) is 7.94. The Balaban J connectivity index is 1.39. The maximum Gasteiger partial charge on any atom is 0.305 e. The second-order valence-corrected chi connectivity index (χ2v) is 9.66. The van der Waals surface area contributed by atoms with Crippen molar-refractivity contribution in [2.24, 2.45) is 5.92 Å². The van der Waals surface area contributed by atoms with Crippen LogP contribution in [0.5, 0.6) is 5.75 Å². The number of phenols is 1. The third-order valence-corrected chi connectivity index (χ3v) is 6.22. The lowest BCUT2D eigenvalue weighted by Crippen LogP contribution is -2.24. The Morgan fingerprint density at radius 2 is 1.94 bits per heavy atom. The normalized spacial score (nSPS) is 12.6. The predicted molar refractivity (Wildman–Crippen MR) is 134 cm³/mol. The van der Waals surface area contributed by atoms with E-state index in [1.54, 1.807) is 6.07 Å². The molecule has 0 spiro atoms. The first-order valence-corrected chi connectivity index (χ1v) is 12.4. The van der Waals surface area contributed by atoms with Gasteiger partial charge in [-0.1, -0.05) is 55.5 Å². The molecule has 0 unspecified atom stereocenters. The van der Waals surface area contributed by atoms with E-state index < -0.39 is 6.10 Å². The van der Waals surface area contributed by atoms with Crippen LogP contribution in [0.25, 0.3) is 10.2 Å². The van der Waals surface area contributed by atoms with E-state index in [0.29, 0.717) is 28.2 Å². The van der Waals surface area contributed by atoms with Crippen molar-refractivity contribution >= 4 is 21.6 Å². The number of H-pyrrole nitrogens is 1. The topological polar surface area (TPSA) is 107 Å². The summed E-state index contributed by atoms with van der Waals surface area (Å²) in [5, 5.41) is 27.3. The number of phenolic OH excluding ortho intramolecular Hbond substituents is 1. The molecule has 1 atom stereocenters. The number of benzene rings is 2. The molecule has 1 aromatic heterocycles. The van der Waals surface area contributed by atoms with Crippen LogP contribution in [0.15, 0.2) is 41.2 Å². The number of aromatic nitrogens is 1. The van der Waals surface area contributed by atoms with Gasteiger partial charge in [0.25, 0.3) is 0 Å². The number of rotatable bonds is 14. The fraction of sp³-hybridized carbons (Fsp3) is 0.480. The van der Waals surface area contributed by atoms with E-state index in [0.717, 1.165) is 57.0 Å². The van der Waals surface area contributed by atoms with Crippen molar-refractivity contribution in [2.45, 2.75) is 39.3 Å². The van der Waals surface area contributed by atoms with Gasteiger partial charge in [0.05, 0.1) is 10.8 Å². The van der Waals surface area contributed by atoms with Crippen molar-refractivity contribution in [2.75, 3.05) is 32.8 Å². The van der Waals surface area contributed by atoms with Gasteiger partial charge in [-0.05, 0) is 49.0 Å². The minimum absolute atomic E-state index is 0.0149. The minimum Gasteiger partial charge on any atom is -0.506 e. The Hall–Kier alpha value is -2.23. The molecule has 0 saturated carbocycles. The standard InChI is InChI=1S/C25H35N3O4S/c1-17(2)16-32-12-4-10-26-14-19-6-3-5-18(13-19)9-11-27-15-22(30)20-7-8-21(29)23-24(20)33-25(31)28-23/h3,5-8,13,17,22,26-27,29-30H,4,9-12,14-16H2,1-2H3,(H,28,31)/t22-/m0/s1. The number of aliphatic hydroxyl groups is 1. The van der Waals surface area contributed by atoms with Gasteiger partial charge in [0.15, 0.2) is 0 Å². The highest BCUT2D eigenvalue weighted by atomic mass is 32.1. The number of hydrogen-bond acceptors (Lipinski definition) is 7. The Morgan fingerprint density at radius 3 is 2.76 bits per heavy atom. The van der Waals surface area contributed by atoms with Gasteiger partial charge >= 0.3 is 4.87 Å². The smallest absolute Gasteiger partial charge is 0.305 e. The predicted octanol–water partition coefficient (Wildman–Crippen LogP) is 3.31. The molecule has 0 fully saturated rings. The molecular weight excluding hydrogens is 438 g/mol. The largest absolute Gasteiger partial charge is 0.506 e. The van der Waals surface area contributed by atoms with Gasteiger partial charge in [-0.3, -0.25) is 4.79 Å². The molecule has 5 N–H and O–H groups in total. The summed E-state index contributed by atoms with van der Waals surface area (Å²) in [6.07, 6.45) is 1.09. The fourth-order valence-electron chi connectivity index (χ4n) is 3.63. The van der Waals surface area contributed by atoms with Crippen LogP contribution < -0.4 is 15.5 Å². The summed E-state index contributed by atoms with van der Waals surface area (Å²) < 4.78 is 6.20. The number of hydrogen-bond donors (Lipinski definition) is 5. The Morgan fingerprint density at radius 1 is 1.12 bits per heavy atom. The SMILES string of the molecule is CC(C)COCCCNCc1cccc(CCNC[C@H](O)c2ccc(O)c3[nH]c(=O)sc23)c1. The van der Waals surface area contributed by atoms with Crippen molar-refractivity contribution in [3.63, 3.8) is 0 Å². The van der Waals surface area contributed by atoms with Crippen molar-refractivity contribution in [1.82, 2.24) is 15.6 Å². The molecule has 7 nitrogen and oxygen atoms in total. The van der Waals surface area contributed by atoms with Crippen LogP contribution in [0.1, 0.15) is 43.1 Å². The summed E-state index contributed by atoms with van der Waals surface area (Å²) in [5.41, 5.74) is 3.52. The van der Waals surface area contributed by atoms with E-state index in [9.17, 15) is 15.0 Å². The molecule has 0 amide bonds. The highest BCUT2D eigenvalue weighted by molar-refractivity contribution is 7.16. The molecule has 3 rings (SSSR count). The number of nitrogens with one attached hydrogen (secondary N) is 3. The maximum absolute atomic E-state index is 11.7. The second kappa shape index (κ2) is 12.9. The van der Waals surface area contributed by atoms with Crippen molar-refractivity contribution in [3.8, 4) is 5.75 Å². The van der Waals surface area contributed by atoms with E-state index in [1.165, 1.54) is 17.2 Å². The van der Waals surface area contributed by atoms with Crippen LogP contribution in [-0.2, 0) is 17.7 Å². The van der Waals surface area contributed by atoms with Crippen molar-refractivity contribution < 1.29 is 14.9 Å². The quantitative estimate of drug-likeness (QED) is 0.230. The number of thiazole rings is 1. The first-order valence-electron chi connectivity index (χ1n) is 11.5. The van der Waals surface area contributed by atoms with Crippen LogP contribution in [0, 0.1) is 5.92 Å². The summed E-state index contributed by atoms with van der Waals surface area (Å²) in [6.45, 7) is 8.79. The number of fused-ring (bicyclic) bond motifs is 1. The fourth-order valence-corrected chi connectivity index (χ4v) is 4.55. The van der Waals surface area contributed by atoms with E-state index in [4.69, 9.17) is 4.74 Å². The first-order chi connectivity index (χ1) is 15.9. The highest BCUT2D eigenvalue weighted by Crippen LogP contribution is 2.31. The molecule has 0 bridgehead atoms. The minimum atomic E-state index is -0.764. The van der Waals surface area contributed by atoms with Crippen LogP contribution in [-0.4, -0.2) is 48.0 Å². The zero-order valence-corrected chi connectivity index (χ0v) is 20.2. The van der Waals surface area contributed by atoms with Gasteiger partial charge < -0.3 is 30.6 Å². The van der Waals surface area contributed by atoms with Crippen LogP contribution >= 0.6 is 11.3 Å². The van der Waals surface area contributed by atoms with E-state index in [-0.39, 0.29) is 10.6 Å². The molecule has 33 heavy (non-hydrogen) atoms. The van der Waals surface area contributed by atoms with E-state index in [1.807, 2.05) is 0 Å². The average molecular weight is 474 g/mol. The van der Waals surface area contributed by atoms with Gasteiger partial charge in [0.2, 0.25) is 0 Å². The van der Waals surface area contributed by atoms with Crippen LogP contribution in [0.3, 0.4) is 0 Å². The summed E-state index contributed by atoms with van der Waals surface area (Å²) in [7, 11) is 0. The maximum atomic E-state index is 11.7. The van der Waals surface area contributed by atoms with Crippen LogP contribution in [0.4, 0.5) is 0 Å². The molecule has 0 aliphatic carbocycles. The number of aromatic hydroxyl groups is 1. The number of aliphatic hydroxyl groups excluding tert-OH is 1. The molecule has 0 saturated heterocycles. The molecule has 1 heterocycles. The lowest BCUT2D eigenvalue weighted by Gasteiger charge is -2.14. The average Bonchev–Trinajstić information content (AvgIpc) is 3.18. The number of ether oxygens (including phenoxy) is 1. The zero-order valence-electron chi connectivity index (χ0n) is 19.4. The van der Waals surface area contributed by atoms with E-state index in [2.05, 4.69) is 53.7 Å². The lowest BCUT2D eigenvalue weighted by atomic mass is 10.1. The van der Waals surface area contributed by atoms with E-state index >= 15 is 0 Å². The molecule has 0 radical (unpaired) electrons.